The highest BCUT2D eigenvalue weighted by molar-refractivity contribution is 7.92. The molecule has 112 valence electrons. The van der Waals surface area contributed by atoms with Crippen molar-refractivity contribution >= 4 is 25.5 Å². The van der Waals surface area contributed by atoms with Crippen LogP contribution in [0.1, 0.15) is 6.92 Å². The fraction of sp³-hybridized carbons (Fsp3) is 0.500. The molecule has 0 bridgehead atoms. The van der Waals surface area contributed by atoms with Crippen LogP contribution in [0.25, 0.3) is 0 Å². The van der Waals surface area contributed by atoms with E-state index in [0.717, 1.165) is 5.69 Å². The third-order valence-electron chi connectivity index (χ3n) is 3.36. The van der Waals surface area contributed by atoms with Gasteiger partial charge in [-0.2, -0.15) is 4.31 Å². The van der Waals surface area contributed by atoms with Gasteiger partial charge < -0.3 is 5.32 Å². The summed E-state index contributed by atoms with van der Waals surface area (Å²) in [6, 6.07) is 5.87. The molecule has 1 saturated heterocycles. The zero-order valence-electron chi connectivity index (χ0n) is 11.4. The van der Waals surface area contributed by atoms with Gasteiger partial charge in [-0.15, -0.1) is 0 Å². The van der Waals surface area contributed by atoms with Crippen LogP contribution in [0.15, 0.2) is 29.2 Å². The van der Waals surface area contributed by atoms with Gasteiger partial charge in [-0.3, -0.25) is 0 Å². The van der Waals surface area contributed by atoms with Gasteiger partial charge in [0, 0.05) is 25.3 Å². The number of rotatable bonds is 3. The molecule has 20 heavy (non-hydrogen) atoms. The number of sulfone groups is 1. The minimum Gasteiger partial charge on any atom is -0.388 e. The summed E-state index contributed by atoms with van der Waals surface area (Å²) in [6.45, 7) is 1.63. The second-order valence-electron chi connectivity index (χ2n) is 4.85. The largest absolute Gasteiger partial charge is 0.388 e. The fourth-order valence-electron chi connectivity index (χ4n) is 2.27. The van der Waals surface area contributed by atoms with Crippen LogP contribution in [0.5, 0.6) is 0 Å². The summed E-state index contributed by atoms with van der Waals surface area (Å²) in [4.78, 5) is 0.183. The number of benzene rings is 1. The van der Waals surface area contributed by atoms with Gasteiger partial charge in [-0.25, -0.2) is 16.8 Å². The lowest BCUT2D eigenvalue weighted by molar-refractivity contribution is 0.357. The Kier molecular flexibility index (Phi) is 4.08. The van der Waals surface area contributed by atoms with Gasteiger partial charge in [0.15, 0.2) is 9.84 Å². The van der Waals surface area contributed by atoms with Crippen LogP contribution in [0.2, 0.25) is 0 Å². The second-order valence-corrected chi connectivity index (χ2v) is 8.97. The molecule has 1 fully saturated rings. The minimum atomic E-state index is -3.65. The monoisotopic (exact) mass is 318 g/mol. The Morgan fingerprint density at radius 1 is 1.25 bits per heavy atom. The van der Waals surface area contributed by atoms with Crippen LogP contribution in [0.3, 0.4) is 0 Å². The summed E-state index contributed by atoms with van der Waals surface area (Å²) < 4.78 is 49.4. The van der Waals surface area contributed by atoms with Gasteiger partial charge >= 0.3 is 0 Å². The SMILES string of the molecule is CNc1ccc(S(=O)(=O)N2CCS(=O)(=O)CC2C)cc1. The Morgan fingerprint density at radius 2 is 1.85 bits per heavy atom. The van der Waals surface area contributed by atoms with Crippen LogP contribution in [0, 0.1) is 0 Å². The molecule has 2 rings (SSSR count). The molecule has 1 heterocycles. The third-order valence-corrected chi connectivity index (χ3v) is 7.18. The van der Waals surface area contributed by atoms with Gasteiger partial charge in [0.25, 0.3) is 0 Å². The zero-order valence-corrected chi connectivity index (χ0v) is 13.0. The molecule has 0 aromatic heterocycles. The summed E-state index contributed by atoms with van der Waals surface area (Å²) in [5.74, 6) is -0.244. The Labute approximate surface area is 119 Å². The van der Waals surface area contributed by atoms with Crippen LogP contribution in [-0.4, -0.2) is 52.3 Å². The van der Waals surface area contributed by atoms with E-state index in [1.807, 2.05) is 0 Å². The normalized spacial score (nSPS) is 23.4. The first-order chi connectivity index (χ1) is 9.26. The Morgan fingerprint density at radius 3 is 2.35 bits per heavy atom. The average Bonchev–Trinajstić information content (AvgIpc) is 2.37. The van der Waals surface area contributed by atoms with Crippen molar-refractivity contribution in [2.75, 3.05) is 30.4 Å². The van der Waals surface area contributed by atoms with Gasteiger partial charge in [0.2, 0.25) is 10.0 Å². The van der Waals surface area contributed by atoms with Crippen molar-refractivity contribution in [1.82, 2.24) is 4.31 Å². The number of nitrogens with zero attached hydrogens (tertiary/aromatic N) is 1. The van der Waals surface area contributed by atoms with E-state index >= 15 is 0 Å². The lowest BCUT2D eigenvalue weighted by Crippen LogP contribution is -2.49. The fourth-order valence-corrected chi connectivity index (χ4v) is 5.67. The number of anilines is 1. The predicted molar refractivity (Wildman–Crippen MR) is 78.0 cm³/mol. The number of sulfonamides is 1. The van der Waals surface area contributed by atoms with E-state index in [1.54, 1.807) is 26.1 Å². The molecule has 1 aliphatic rings. The molecule has 8 heteroatoms. The van der Waals surface area contributed by atoms with E-state index in [4.69, 9.17) is 0 Å². The maximum absolute atomic E-state index is 12.5. The van der Waals surface area contributed by atoms with Crippen LogP contribution >= 0.6 is 0 Å². The van der Waals surface area contributed by atoms with Crippen molar-refractivity contribution in [2.24, 2.45) is 0 Å². The van der Waals surface area contributed by atoms with Gasteiger partial charge in [0.1, 0.15) is 0 Å². The molecule has 0 saturated carbocycles. The lowest BCUT2D eigenvalue weighted by atomic mass is 10.3. The lowest BCUT2D eigenvalue weighted by Gasteiger charge is -2.32. The van der Waals surface area contributed by atoms with E-state index in [-0.39, 0.29) is 22.9 Å². The summed E-state index contributed by atoms with van der Waals surface area (Å²) >= 11 is 0. The molecule has 1 unspecified atom stereocenters. The standard InChI is InChI=1S/C12H18N2O4S2/c1-10-9-19(15,16)8-7-14(10)20(17,18)12-5-3-11(13-2)4-6-12/h3-6,10,13H,7-9H2,1-2H3. The second kappa shape index (κ2) is 5.34. The molecule has 0 radical (unpaired) electrons. The molecule has 6 nitrogen and oxygen atoms in total. The Balaban J connectivity index is 2.30. The van der Waals surface area contributed by atoms with Crippen molar-refractivity contribution in [3.05, 3.63) is 24.3 Å². The van der Waals surface area contributed by atoms with Crippen LogP contribution in [0.4, 0.5) is 5.69 Å². The van der Waals surface area contributed by atoms with Crippen molar-refractivity contribution in [3.8, 4) is 0 Å². The van der Waals surface area contributed by atoms with Crippen LogP contribution in [-0.2, 0) is 19.9 Å². The first-order valence-corrected chi connectivity index (χ1v) is 9.52. The number of nitrogens with one attached hydrogen (secondary N) is 1. The molecule has 1 atom stereocenters. The third kappa shape index (κ3) is 2.97. The molecular weight excluding hydrogens is 300 g/mol. The summed E-state index contributed by atoms with van der Waals surface area (Å²) in [5.41, 5.74) is 0.818. The molecular formula is C12H18N2O4S2. The zero-order chi connectivity index (χ0) is 15.0. The highest BCUT2D eigenvalue weighted by atomic mass is 32.2. The predicted octanol–water partition coefficient (Wildman–Crippen LogP) is 0.536. The molecule has 0 spiro atoms. The maximum atomic E-state index is 12.5. The summed E-state index contributed by atoms with van der Waals surface area (Å²) in [7, 11) is -5.03. The molecule has 1 aromatic rings. The average molecular weight is 318 g/mol. The van der Waals surface area contributed by atoms with Gasteiger partial charge in [-0.05, 0) is 31.2 Å². The van der Waals surface area contributed by atoms with Crippen molar-refractivity contribution in [3.63, 3.8) is 0 Å². The number of hydrogen-bond acceptors (Lipinski definition) is 5. The first-order valence-electron chi connectivity index (χ1n) is 6.26. The minimum absolute atomic E-state index is 0.0135. The highest BCUT2D eigenvalue weighted by Gasteiger charge is 2.36. The van der Waals surface area contributed by atoms with E-state index in [2.05, 4.69) is 5.32 Å². The van der Waals surface area contributed by atoms with Gasteiger partial charge in [0.05, 0.1) is 16.4 Å². The Bertz CT molecular complexity index is 681. The molecule has 1 aliphatic heterocycles. The quantitative estimate of drug-likeness (QED) is 0.879. The van der Waals surface area contributed by atoms with E-state index in [1.165, 1.54) is 16.4 Å². The van der Waals surface area contributed by atoms with Crippen molar-refractivity contribution < 1.29 is 16.8 Å². The van der Waals surface area contributed by atoms with Crippen LogP contribution < -0.4 is 5.32 Å². The topological polar surface area (TPSA) is 83.6 Å². The Hall–Kier alpha value is -1.12. The number of hydrogen-bond donors (Lipinski definition) is 1. The first kappa shape index (κ1) is 15.3. The molecule has 0 aliphatic carbocycles. The van der Waals surface area contributed by atoms with Gasteiger partial charge in [-0.1, -0.05) is 0 Å². The molecule has 1 N–H and O–H groups in total. The summed E-state index contributed by atoms with van der Waals surface area (Å²) in [6.07, 6.45) is 0. The van der Waals surface area contributed by atoms with Crippen molar-refractivity contribution in [1.29, 1.82) is 0 Å². The van der Waals surface area contributed by atoms with E-state index in [0.29, 0.717) is 0 Å². The summed E-state index contributed by atoms with van der Waals surface area (Å²) in [5, 5.41) is 2.92. The highest BCUT2D eigenvalue weighted by Crippen LogP contribution is 2.23. The van der Waals surface area contributed by atoms with E-state index < -0.39 is 25.9 Å². The maximum Gasteiger partial charge on any atom is 0.243 e. The smallest absolute Gasteiger partial charge is 0.243 e. The van der Waals surface area contributed by atoms with E-state index in [9.17, 15) is 16.8 Å². The molecule has 0 amide bonds. The van der Waals surface area contributed by atoms with Crippen molar-refractivity contribution in [2.45, 2.75) is 17.9 Å². The molecule has 1 aromatic carbocycles.